The van der Waals surface area contributed by atoms with Gasteiger partial charge in [0.1, 0.15) is 19.0 Å². The van der Waals surface area contributed by atoms with Gasteiger partial charge < -0.3 is 20.1 Å². The van der Waals surface area contributed by atoms with Gasteiger partial charge in [-0.05, 0) is 67.1 Å². The summed E-state index contributed by atoms with van der Waals surface area (Å²) < 4.78 is 24.0. The van der Waals surface area contributed by atoms with Crippen molar-refractivity contribution in [2.24, 2.45) is 0 Å². The first-order valence-corrected chi connectivity index (χ1v) is 9.87. The molecule has 1 atom stereocenters. The summed E-state index contributed by atoms with van der Waals surface area (Å²) >= 11 is 0. The molecule has 0 bridgehead atoms. The second kappa shape index (κ2) is 8.87. The number of halogens is 1. The van der Waals surface area contributed by atoms with Crippen molar-refractivity contribution in [1.82, 2.24) is 5.32 Å². The van der Waals surface area contributed by atoms with Gasteiger partial charge >= 0.3 is 0 Å². The number of hydrogen-bond donors (Lipinski definition) is 2. The van der Waals surface area contributed by atoms with E-state index in [4.69, 9.17) is 9.47 Å². The first-order chi connectivity index (χ1) is 15.0. The van der Waals surface area contributed by atoms with E-state index in [2.05, 4.69) is 10.6 Å². The molecular formula is C24H21FN2O4. The summed E-state index contributed by atoms with van der Waals surface area (Å²) in [6, 6.07) is 17.3. The number of fused-ring (bicyclic) bond motifs is 1. The molecule has 1 unspecified atom stereocenters. The second-order valence-corrected chi connectivity index (χ2v) is 7.14. The molecule has 2 amide bonds. The van der Waals surface area contributed by atoms with Crippen molar-refractivity contribution in [2.75, 3.05) is 18.5 Å². The largest absolute Gasteiger partial charge is 0.486 e. The molecule has 0 saturated carbocycles. The Morgan fingerprint density at radius 3 is 2.19 bits per heavy atom. The monoisotopic (exact) mass is 420 g/mol. The maximum atomic E-state index is 13.0. The highest BCUT2D eigenvalue weighted by Crippen LogP contribution is 2.31. The molecule has 3 aromatic carbocycles. The van der Waals surface area contributed by atoms with Crippen molar-refractivity contribution in [2.45, 2.75) is 13.0 Å². The van der Waals surface area contributed by atoms with Gasteiger partial charge in [-0.3, -0.25) is 9.59 Å². The number of nitrogens with one attached hydrogen (secondary N) is 2. The minimum atomic E-state index is -0.395. The molecule has 1 heterocycles. The normalized spacial score (nSPS) is 13.2. The average Bonchev–Trinajstić information content (AvgIpc) is 2.79. The maximum Gasteiger partial charge on any atom is 0.255 e. The third-order valence-electron chi connectivity index (χ3n) is 4.93. The number of ether oxygens (including phenoxy) is 2. The van der Waals surface area contributed by atoms with E-state index in [1.807, 2.05) is 19.1 Å². The third kappa shape index (κ3) is 4.83. The van der Waals surface area contributed by atoms with E-state index in [-0.39, 0.29) is 17.9 Å². The van der Waals surface area contributed by atoms with E-state index in [1.165, 1.54) is 24.3 Å². The second-order valence-electron chi connectivity index (χ2n) is 7.14. The molecule has 6 nitrogen and oxygen atoms in total. The SMILES string of the molecule is CC(NC(=O)c1ccc2c(c1)OCCO2)c1ccc(NC(=O)c2ccc(F)cc2)cc1. The Balaban J connectivity index is 1.37. The van der Waals surface area contributed by atoms with Gasteiger partial charge in [-0.1, -0.05) is 12.1 Å². The van der Waals surface area contributed by atoms with Crippen LogP contribution in [0.2, 0.25) is 0 Å². The van der Waals surface area contributed by atoms with E-state index >= 15 is 0 Å². The van der Waals surface area contributed by atoms with Crippen LogP contribution in [0.25, 0.3) is 0 Å². The molecule has 0 aliphatic carbocycles. The first-order valence-electron chi connectivity index (χ1n) is 9.87. The van der Waals surface area contributed by atoms with Gasteiger partial charge in [-0.2, -0.15) is 0 Å². The lowest BCUT2D eigenvalue weighted by molar-refractivity contribution is 0.0938. The van der Waals surface area contributed by atoms with Crippen molar-refractivity contribution >= 4 is 17.5 Å². The highest BCUT2D eigenvalue weighted by molar-refractivity contribution is 6.04. The molecule has 7 heteroatoms. The zero-order chi connectivity index (χ0) is 21.8. The molecular weight excluding hydrogens is 399 g/mol. The van der Waals surface area contributed by atoms with E-state index in [1.54, 1.807) is 30.3 Å². The topological polar surface area (TPSA) is 76.7 Å². The highest BCUT2D eigenvalue weighted by atomic mass is 19.1. The molecule has 3 aromatic rings. The van der Waals surface area contributed by atoms with Crippen LogP contribution in [0.5, 0.6) is 11.5 Å². The number of amides is 2. The maximum absolute atomic E-state index is 13.0. The molecule has 158 valence electrons. The van der Waals surface area contributed by atoms with Gasteiger partial charge in [-0.25, -0.2) is 4.39 Å². The lowest BCUT2D eigenvalue weighted by atomic mass is 10.1. The summed E-state index contributed by atoms with van der Waals surface area (Å²) in [6.07, 6.45) is 0. The van der Waals surface area contributed by atoms with Crippen LogP contribution in [-0.4, -0.2) is 25.0 Å². The summed E-state index contributed by atoms with van der Waals surface area (Å²) in [4.78, 5) is 24.9. The van der Waals surface area contributed by atoms with Crippen LogP contribution in [0.1, 0.15) is 39.2 Å². The number of carbonyl (C=O) groups excluding carboxylic acids is 2. The molecule has 0 radical (unpaired) electrons. The Kier molecular flexibility index (Phi) is 5.84. The van der Waals surface area contributed by atoms with E-state index in [0.29, 0.717) is 41.5 Å². The smallest absolute Gasteiger partial charge is 0.255 e. The van der Waals surface area contributed by atoms with Crippen molar-refractivity contribution in [3.05, 3.63) is 89.2 Å². The fourth-order valence-corrected chi connectivity index (χ4v) is 3.21. The molecule has 2 N–H and O–H groups in total. The van der Waals surface area contributed by atoms with Crippen LogP contribution in [0.4, 0.5) is 10.1 Å². The van der Waals surface area contributed by atoms with Crippen molar-refractivity contribution in [3.63, 3.8) is 0 Å². The zero-order valence-electron chi connectivity index (χ0n) is 16.9. The fourth-order valence-electron chi connectivity index (χ4n) is 3.21. The Hall–Kier alpha value is -3.87. The van der Waals surface area contributed by atoms with Crippen LogP contribution in [-0.2, 0) is 0 Å². The average molecular weight is 420 g/mol. The zero-order valence-corrected chi connectivity index (χ0v) is 16.9. The van der Waals surface area contributed by atoms with Crippen LogP contribution in [0, 0.1) is 5.82 Å². The Bertz CT molecular complexity index is 1100. The summed E-state index contributed by atoms with van der Waals surface area (Å²) in [5.41, 5.74) is 2.33. The number of rotatable bonds is 5. The Morgan fingerprint density at radius 2 is 1.48 bits per heavy atom. The van der Waals surface area contributed by atoms with Crippen LogP contribution < -0.4 is 20.1 Å². The quantitative estimate of drug-likeness (QED) is 0.644. The van der Waals surface area contributed by atoms with Crippen molar-refractivity contribution in [3.8, 4) is 11.5 Å². The van der Waals surface area contributed by atoms with Gasteiger partial charge in [0.2, 0.25) is 0 Å². The summed E-state index contributed by atoms with van der Waals surface area (Å²) in [6.45, 7) is 2.83. The minimum Gasteiger partial charge on any atom is -0.486 e. The van der Waals surface area contributed by atoms with Gasteiger partial charge in [0.25, 0.3) is 11.8 Å². The first kappa shape index (κ1) is 20.4. The van der Waals surface area contributed by atoms with Gasteiger partial charge in [0.05, 0.1) is 6.04 Å². The molecule has 1 aliphatic rings. The highest BCUT2D eigenvalue weighted by Gasteiger charge is 2.17. The van der Waals surface area contributed by atoms with Crippen LogP contribution >= 0.6 is 0 Å². The molecule has 0 saturated heterocycles. The summed E-state index contributed by atoms with van der Waals surface area (Å²) in [5, 5.41) is 5.72. The van der Waals surface area contributed by atoms with E-state index < -0.39 is 5.82 Å². The van der Waals surface area contributed by atoms with Gasteiger partial charge in [-0.15, -0.1) is 0 Å². The van der Waals surface area contributed by atoms with E-state index in [0.717, 1.165) is 5.56 Å². The minimum absolute atomic E-state index is 0.224. The molecule has 0 aromatic heterocycles. The molecule has 4 rings (SSSR count). The number of carbonyl (C=O) groups is 2. The number of anilines is 1. The Morgan fingerprint density at radius 1 is 0.839 bits per heavy atom. The predicted octanol–water partition coefficient (Wildman–Crippen LogP) is 4.34. The molecule has 1 aliphatic heterocycles. The van der Waals surface area contributed by atoms with Crippen LogP contribution in [0.15, 0.2) is 66.7 Å². The van der Waals surface area contributed by atoms with E-state index in [9.17, 15) is 14.0 Å². The lowest BCUT2D eigenvalue weighted by Gasteiger charge is -2.19. The third-order valence-corrected chi connectivity index (χ3v) is 4.93. The summed E-state index contributed by atoms with van der Waals surface area (Å²) in [5.74, 6) is 0.251. The fraction of sp³-hybridized carbons (Fsp3) is 0.167. The Labute approximate surface area is 179 Å². The number of benzene rings is 3. The van der Waals surface area contributed by atoms with Crippen LogP contribution in [0.3, 0.4) is 0 Å². The predicted molar refractivity (Wildman–Crippen MR) is 114 cm³/mol. The summed E-state index contributed by atoms with van der Waals surface area (Å²) in [7, 11) is 0. The van der Waals surface area contributed by atoms with Crippen molar-refractivity contribution in [1.29, 1.82) is 0 Å². The molecule has 0 fully saturated rings. The standard InChI is InChI=1S/C24H21FN2O4/c1-15(26-24(29)18-6-11-21-22(14-18)31-13-12-30-21)16-4-9-20(10-5-16)27-23(28)17-2-7-19(25)8-3-17/h2-11,14-15H,12-13H2,1H3,(H,26,29)(H,27,28). The van der Waals surface area contributed by atoms with Crippen molar-refractivity contribution < 1.29 is 23.5 Å². The molecule has 31 heavy (non-hydrogen) atoms. The number of hydrogen-bond acceptors (Lipinski definition) is 4. The van der Waals surface area contributed by atoms with Gasteiger partial charge in [0, 0.05) is 16.8 Å². The molecule has 0 spiro atoms. The lowest BCUT2D eigenvalue weighted by Crippen LogP contribution is -2.27. The van der Waals surface area contributed by atoms with Gasteiger partial charge in [0.15, 0.2) is 11.5 Å².